The molecule has 0 N–H and O–H groups in total. The minimum atomic E-state index is -4.87. The van der Waals surface area contributed by atoms with Crippen molar-refractivity contribution >= 4 is 17.4 Å². The average Bonchev–Trinajstić information content (AvgIpc) is 2.39. The SMILES string of the molecule is O=C(c1cccc(OC(F)(F)F)c1)c1cccc(Cl)c1F. The fraction of sp³-hybridized carbons (Fsp3) is 0.0714. The van der Waals surface area contributed by atoms with Gasteiger partial charge in [-0.15, -0.1) is 13.2 Å². The van der Waals surface area contributed by atoms with Gasteiger partial charge >= 0.3 is 6.36 Å². The van der Waals surface area contributed by atoms with Crippen LogP contribution >= 0.6 is 11.6 Å². The quantitative estimate of drug-likeness (QED) is 0.610. The summed E-state index contributed by atoms with van der Waals surface area (Å²) in [6.07, 6.45) is -4.87. The van der Waals surface area contributed by atoms with Crippen LogP contribution in [0.2, 0.25) is 5.02 Å². The standard InChI is InChI=1S/C14H7ClF4O2/c15-11-6-2-5-10(12(11)16)13(20)8-3-1-4-9(7-8)21-14(17,18)19/h1-7H. The Morgan fingerprint density at radius 1 is 1.10 bits per heavy atom. The van der Waals surface area contributed by atoms with Gasteiger partial charge in [0, 0.05) is 5.56 Å². The third kappa shape index (κ3) is 3.72. The maximum atomic E-state index is 13.7. The lowest BCUT2D eigenvalue weighted by molar-refractivity contribution is -0.274. The second-order valence-corrected chi connectivity index (χ2v) is 4.41. The monoisotopic (exact) mass is 318 g/mol. The number of carbonyl (C=O) groups excluding carboxylic acids is 1. The van der Waals surface area contributed by atoms with Crippen LogP contribution in [0.4, 0.5) is 17.6 Å². The molecule has 2 aromatic carbocycles. The fourth-order valence-electron chi connectivity index (χ4n) is 1.67. The van der Waals surface area contributed by atoms with Crippen molar-refractivity contribution in [2.24, 2.45) is 0 Å². The van der Waals surface area contributed by atoms with E-state index in [1.807, 2.05) is 0 Å². The van der Waals surface area contributed by atoms with E-state index in [-0.39, 0.29) is 16.1 Å². The van der Waals surface area contributed by atoms with E-state index in [9.17, 15) is 22.4 Å². The summed E-state index contributed by atoms with van der Waals surface area (Å²) < 4.78 is 53.8. The first kappa shape index (κ1) is 15.3. The zero-order valence-electron chi connectivity index (χ0n) is 10.2. The molecule has 0 aromatic heterocycles. The normalized spacial score (nSPS) is 11.3. The largest absolute Gasteiger partial charge is 0.573 e. The van der Waals surface area contributed by atoms with Crippen LogP contribution < -0.4 is 4.74 Å². The highest BCUT2D eigenvalue weighted by Crippen LogP contribution is 2.25. The Labute approximate surface area is 121 Å². The van der Waals surface area contributed by atoms with Gasteiger partial charge in [-0.05, 0) is 24.3 Å². The molecule has 0 spiro atoms. The Bertz CT molecular complexity index is 683. The van der Waals surface area contributed by atoms with Gasteiger partial charge in [0.05, 0.1) is 10.6 Å². The van der Waals surface area contributed by atoms with Crippen molar-refractivity contribution in [1.82, 2.24) is 0 Å². The zero-order chi connectivity index (χ0) is 15.6. The topological polar surface area (TPSA) is 26.3 Å². The molecule has 2 aromatic rings. The molecule has 0 aliphatic rings. The first-order valence-corrected chi connectivity index (χ1v) is 6.00. The molecule has 0 atom stereocenters. The van der Waals surface area contributed by atoms with Crippen LogP contribution in [0.1, 0.15) is 15.9 Å². The summed E-state index contributed by atoms with van der Waals surface area (Å²) in [6.45, 7) is 0. The first-order chi connectivity index (χ1) is 9.78. The van der Waals surface area contributed by atoms with Crippen LogP contribution in [0.3, 0.4) is 0 Å². The number of carbonyl (C=O) groups is 1. The Morgan fingerprint density at radius 2 is 1.76 bits per heavy atom. The number of hydrogen-bond acceptors (Lipinski definition) is 2. The predicted octanol–water partition coefficient (Wildman–Crippen LogP) is 4.61. The van der Waals surface area contributed by atoms with Crippen LogP contribution in [0.25, 0.3) is 0 Å². The molecule has 21 heavy (non-hydrogen) atoms. The van der Waals surface area contributed by atoms with E-state index in [1.54, 1.807) is 0 Å². The highest BCUT2D eigenvalue weighted by Gasteiger charge is 2.31. The highest BCUT2D eigenvalue weighted by molar-refractivity contribution is 6.31. The molecule has 0 bridgehead atoms. The summed E-state index contributed by atoms with van der Waals surface area (Å²) >= 11 is 5.56. The number of ether oxygens (including phenoxy) is 1. The van der Waals surface area contributed by atoms with E-state index < -0.39 is 23.7 Å². The predicted molar refractivity (Wildman–Crippen MR) is 68.0 cm³/mol. The Hall–Kier alpha value is -2.08. The van der Waals surface area contributed by atoms with Crippen LogP contribution in [-0.2, 0) is 0 Å². The van der Waals surface area contributed by atoms with E-state index in [4.69, 9.17) is 11.6 Å². The second-order valence-electron chi connectivity index (χ2n) is 4.01. The number of benzene rings is 2. The van der Waals surface area contributed by atoms with E-state index in [2.05, 4.69) is 4.74 Å². The van der Waals surface area contributed by atoms with Gasteiger partial charge < -0.3 is 4.74 Å². The molecule has 0 saturated heterocycles. The molecular weight excluding hydrogens is 312 g/mol. The van der Waals surface area contributed by atoms with Gasteiger partial charge in [0.25, 0.3) is 0 Å². The summed E-state index contributed by atoms with van der Waals surface area (Å²) in [5, 5.41) is -0.247. The minimum Gasteiger partial charge on any atom is -0.406 e. The van der Waals surface area contributed by atoms with E-state index in [0.29, 0.717) is 0 Å². The molecular formula is C14H7ClF4O2. The Balaban J connectivity index is 2.36. The molecule has 2 rings (SSSR count). The number of ketones is 1. The van der Waals surface area contributed by atoms with Crippen LogP contribution in [0.15, 0.2) is 42.5 Å². The Morgan fingerprint density at radius 3 is 2.43 bits per heavy atom. The summed E-state index contributed by atoms with van der Waals surface area (Å²) in [6, 6.07) is 8.21. The van der Waals surface area contributed by atoms with Crippen molar-refractivity contribution in [3.8, 4) is 5.75 Å². The van der Waals surface area contributed by atoms with Crippen molar-refractivity contribution in [1.29, 1.82) is 0 Å². The molecule has 0 aliphatic heterocycles. The van der Waals surface area contributed by atoms with E-state index in [0.717, 1.165) is 12.1 Å². The van der Waals surface area contributed by atoms with E-state index >= 15 is 0 Å². The summed E-state index contributed by atoms with van der Waals surface area (Å²) in [5.41, 5.74) is -0.468. The van der Waals surface area contributed by atoms with Crippen LogP contribution in [-0.4, -0.2) is 12.1 Å². The molecule has 110 valence electrons. The fourth-order valence-corrected chi connectivity index (χ4v) is 1.84. The molecule has 0 unspecified atom stereocenters. The summed E-state index contributed by atoms with van der Waals surface area (Å²) in [5.74, 6) is -2.27. The van der Waals surface area contributed by atoms with Gasteiger partial charge in [0.2, 0.25) is 0 Å². The zero-order valence-corrected chi connectivity index (χ0v) is 11.0. The maximum absolute atomic E-state index is 13.7. The average molecular weight is 319 g/mol. The molecule has 0 radical (unpaired) electrons. The lowest BCUT2D eigenvalue weighted by atomic mass is 10.0. The minimum absolute atomic E-state index is 0.141. The van der Waals surface area contributed by atoms with Gasteiger partial charge in [0.15, 0.2) is 11.6 Å². The van der Waals surface area contributed by atoms with Crippen molar-refractivity contribution < 1.29 is 27.1 Å². The highest BCUT2D eigenvalue weighted by atomic mass is 35.5. The van der Waals surface area contributed by atoms with Crippen molar-refractivity contribution in [2.75, 3.05) is 0 Å². The van der Waals surface area contributed by atoms with Crippen molar-refractivity contribution in [2.45, 2.75) is 6.36 Å². The molecule has 2 nitrogen and oxygen atoms in total. The van der Waals surface area contributed by atoms with Gasteiger partial charge in [0.1, 0.15) is 5.75 Å². The number of rotatable bonds is 3. The smallest absolute Gasteiger partial charge is 0.406 e. The van der Waals surface area contributed by atoms with Crippen LogP contribution in [0, 0.1) is 5.82 Å². The molecule has 0 amide bonds. The second kappa shape index (κ2) is 5.73. The molecule has 0 aliphatic carbocycles. The van der Waals surface area contributed by atoms with Gasteiger partial charge in [-0.25, -0.2) is 4.39 Å². The lowest BCUT2D eigenvalue weighted by Crippen LogP contribution is -2.17. The molecule has 0 saturated carbocycles. The van der Waals surface area contributed by atoms with Crippen molar-refractivity contribution in [3.63, 3.8) is 0 Å². The van der Waals surface area contributed by atoms with Crippen LogP contribution in [0.5, 0.6) is 5.75 Å². The third-order valence-corrected chi connectivity index (χ3v) is 2.82. The number of alkyl halides is 3. The number of hydrogen-bond donors (Lipinski definition) is 0. The molecule has 0 fully saturated rings. The maximum Gasteiger partial charge on any atom is 0.573 e. The van der Waals surface area contributed by atoms with Gasteiger partial charge in [-0.3, -0.25) is 4.79 Å². The molecule has 0 heterocycles. The Kier molecular flexibility index (Phi) is 4.18. The lowest BCUT2D eigenvalue weighted by Gasteiger charge is -2.10. The number of halogens is 5. The first-order valence-electron chi connectivity index (χ1n) is 5.62. The van der Waals surface area contributed by atoms with Crippen molar-refractivity contribution in [3.05, 3.63) is 64.4 Å². The van der Waals surface area contributed by atoms with Gasteiger partial charge in [-0.2, -0.15) is 0 Å². The molecule has 7 heteroatoms. The summed E-state index contributed by atoms with van der Waals surface area (Å²) in [7, 11) is 0. The summed E-state index contributed by atoms with van der Waals surface area (Å²) in [4.78, 5) is 12.1. The van der Waals surface area contributed by atoms with E-state index in [1.165, 1.54) is 30.3 Å². The third-order valence-electron chi connectivity index (χ3n) is 2.53. The van der Waals surface area contributed by atoms with Gasteiger partial charge in [-0.1, -0.05) is 29.8 Å².